The first-order valence-electron chi connectivity index (χ1n) is 15.9. The molecule has 13 heteroatoms. The number of nitro groups is 1. The van der Waals surface area contributed by atoms with E-state index in [1.165, 1.54) is 41.2 Å². The number of hydrogen-bond acceptors (Lipinski definition) is 11. The third-order valence-corrected chi connectivity index (χ3v) is 9.86. The average molecular weight is 671 g/mol. The Kier molecular flexibility index (Phi) is 8.36. The van der Waals surface area contributed by atoms with Gasteiger partial charge in [0.2, 0.25) is 0 Å². The van der Waals surface area contributed by atoms with E-state index in [9.17, 15) is 30.2 Å². The van der Waals surface area contributed by atoms with E-state index >= 15 is 0 Å². The second kappa shape index (κ2) is 12.6. The molecule has 7 rings (SSSR count). The summed E-state index contributed by atoms with van der Waals surface area (Å²) in [7, 11) is 0. The molecule has 248 valence electrons. The fraction of sp³-hybridized carbons (Fsp3) is 0.343. The molecule has 12 nitrogen and oxygen atoms in total. The molecule has 3 aliphatic heterocycles. The number of aliphatic hydroxyl groups is 1. The average Bonchev–Trinajstić information content (AvgIpc) is 3.63. The van der Waals surface area contributed by atoms with Crippen LogP contribution in [0.4, 0.5) is 5.95 Å². The van der Waals surface area contributed by atoms with Crippen molar-refractivity contribution in [3.8, 4) is 23.0 Å². The zero-order valence-corrected chi connectivity index (χ0v) is 26.8. The van der Waals surface area contributed by atoms with Crippen LogP contribution in [0.3, 0.4) is 0 Å². The molecule has 1 atom stereocenters. The number of carbonyl (C=O) groups excluding carboxylic acids is 1. The van der Waals surface area contributed by atoms with E-state index in [1.807, 2.05) is 18.2 Å². The van der Waals surface area contributed by atoms with E-state index in [4.69, 9.17) is 21.7 Å². The molecular weight excluding hydrogens is 636 g/mol. The van der Waals surface area contributed by atoms with Crippen LogP contribution in [0.15, 0.2) is 67.0 Å². The molecule has 0 aliphatic carbocycles. The number of likely N-dealkylation sites (tertiary alicyclic amines) is 1. The number of imidazole rings is 1. The van der Waals surface area contributed by atoms with Gasteiger partial charge < -0.3 is 39.8 Å². The summed E-state index contributed by atoms with van der Waals surface area (Å²) >= 11 is 5.79. The number of hydrogen-bond donors (Lipinski definition) is 3. The van der Waals surface area contributed by atoms with Crippen molar-refractivity contribution >= 4 is 29.0 Å². The van der Waals surface area contributed by atoms with Gasteiger partial charge >= 0.3 is 11.9 Å². The van der Waals surface area contributed by atoms with Crippen LogP contribution < -0.4 is 4.74 Å². The van der Waals surface area contributed by atoms with Crippen molar-refractivity contribution in [3.63, 3.8) is 0 Å². The number of piperidine rings is 1. The SMILES string of the molecule is O=C1OC2(c3ccc(O)cc3Oc3cc(O)ccc32)c2ccc(CC(=S)CCC3CCN(CC(O)Cn4ccnc4[N+](=O)[O-])CC3)cc21. The number of aromatic hydroxyl groups is 2. The highest BCUT2D eigenvalue weighted by Crippen LogP contribution is 2.57. The van der Waals surface area contributed by atoms with Crippen LogP contribution in [0.1, 0.15) is 58.3 Å². The molecule has 0 radical (unpaired) electrons. The highest BCUT2D eigenvalue weighted by atomic mass is 32.1. The predicted octanol–water partition coefficient (Wildman–Crippen LogP) is 5.24. The summed E-state index contributed by atoms with van der Waals surface area (Å²) in [6.07, 6.45) is 6.38. The number of esters is 1. The summed E-state index contributed by atoms with van der Waals surface area (Å²) in [5, 5.41) is 41.9. The van der Waals surface area contributed by atoms with E-state index in [-0.39, 0.29) is 24.0 Å². The van der Waals surface area contributed by atoms with Gasteiger partial charge in [-0.05, 0) is 90.4 Å². The van der Waals surface area contributed by atoms with Crippen molar-refractivity contribution < 1.29 is 34.5 Å². The smallest absolute Gasteiger partial charge is 0.434 e. The number of rotatable bonds is 10. The van der Waals surface area contributed by atoms with Crippen LogP contribution in [-0.4, -0.2) is 71.3 Å². The van der Waals surface area contributed by atoms with Gasteiger partial charge in [0.25, 0.3) is 0 Å². The van der Waals surface area contributed by atoms with Crippen molar-refractivity contribution in [2.24, 2.45) is 5.92 Å². The van der Waals surface area contributed by atoms with Gasteiger partial charge in [0.05, 0.1) is 18.2 Å². The summed E-state index contributed by atoms with van der Waals surface area (Å²) in [6, 6.07) is 15.1. The summed E-state index contributed by atoms with van der Waals surface area (Å²) in [4.78, 5) is 30.8. The van der Waals surface area contributed by atoms with Crippen LogP contribution in [0.25, 0.3) is 0 Å². The van der Waals surface area contributed by atoms with Crippen molar-refractivity contribution in [3.05, 3.63) is 105 Å². The van der Waals surface area contributed by atoms with E-state index in [0.29, 0.717) is 52.6 Å². The number of aromatic nitrogens is 2. The highest BCUT2D eigenvalue weighted by molar-refractivity contribution is 7.80. The molecule has 3 aromatic carbocycles. The minimum Gasteiger partial charge on any atom is -0.508 e. The van der Waals surface area contributed by atoms with Gasteiger partial charge in [-0.25, -0.2) is 9.36 Å². The number of ether oxygens (including phenoxy) is 2. The van der Waals surface area contributed by atoms with Crippen molar-refractivity contribution in [1.82, 2.24) is 14.5 Å². The molecular formula is C35H34N4O8S. The van der Waals surface area contributed by atoms with Gasteiger partial charge in [0, 0.05) is 41.8 Å². The van der Waals surface area contributed by atoms with E-state index in [0.717, 1.165) is 49.2 Å². The van der Waals surface area contributed by atoms with Gasteiger partial charge in [-0.2, -0.15) is 0 Å². The fourth-order valence-corrected chi connectivity index (χ4v) is 7.48. The number of aliphatic hydroxyl groups excluding tert-OH is 1. The quantitative estimate of drug-likeness (QED) is 0.0877. The summed E-state index contributed by atoms with van der Waals surface area (Å²) in [5.41, 5.74) is 1.88. The second-order valence-electron chi connectivity index (χ2n) is 12.7. The third-order valence-electron chi connectivity index (χ3n) is 9.51. The Morgan fingerprint density at radius 2 is 1.69 bits per heavy atom. The van der Waals surface area contributed by atoms with Gasteiger partial charge in [0.15, 0.2) is 5.60 Å². The molecule has 1 unspecified atom stereocenters. The Bertz CT molecular complexity index is 1870. The topological polar surface area (TPSA) is 160 Å². The molecule has 48 heavy (non-hydrogen) atoms. The lowest BCUT2D eigenvalue weighted by Crippen LogP contribution is -2.40. The molecule has 0 amide bonds. The molecule has 1 aromatic heterocycles. The Hall–Kier alpha value is -4.85. The fourth-order valence-electron chi connectivity index (χ4n) is 7.20. The first kappa shape index (κ1) is 31.7. The molecule has 1 fully saturated rings. The molecule has 1 saturated heterocycles. The van der Waals surface area contributed by atoms with Crippen LogP contribution in [0.2, 0.25) is 0 Å². The number of phenols is 2. The number of β-amino-alcohol motifs (C(OH)–C–C–N with tert-alkyl or cyclic N) is 1. The molecule has 4 aromatic rings. The van der Waals surface area contributed by atoms with Gasteiger partial charge in [-0.15, -0.1) is 0 Å². The molecule has 4 heterocycles. The Morgan fingerprint density at radius 1 is 1.02 bits per heavy atom. The molecule has 3 aliphatic rings. The number of thiocarbonyl (C=S) groups is 1. The Morgan fingerprint density at radius 3 is 2.35 bits per heavy atom. The van der Waals surface area contributed by atoms with Crippen LogP contribution in [0.5, 0.6) is 23.0 Å². The molecule has 0 saturated carbocycles. The summed E-state index contributed by atoms with van der Waals surface area (Å²) in [5.74, 6) is 0.436. The largest absolute Gasteiger partial charge is 0.508 e. The lowest BCUT2D eigenvalue weighted by molar-refractivity contribution is -0.397. The highest BCUT2D eigenvalue weighted by Gasteiger charge is 2.53. The van der Waals surface area contributed by atoms with Gasteiger partial charge in [-0.1, -0.05) is 29.3 Å². The maximum Gasteiger partial charge on any atom is 0.434 e. The maximum atomic E-state index is 13.4. The van der Waals surface area contributed by atoms with Crippen LogP contribution in [0, 0.1) is 16.0 Å². The van der Waals surface area contributed by atoms with E-state index in [1.54, 1.807) is 12.1 Å². The second-order valence-corrected chi connectivity index (χ2v) is 13.3. The van der Waals surface area contributed by atoms with E-state index < -0.39 is 22.6 Å². The van der Waals surface area contributed by atoms with Gasteiger partial charge in [-0.3, -0.25) is 0 Å². The lowest BCUT2D eigenvalue weighted by Gasteiger charge is -2.36. The minimum atomic E-state index is -1.29. The number of phenolic OH excluding ortho intramolecular Hbond substituents is 2. The maximum absolute atomic E-state index is 13.4. The lowest BCUT2D eigenvalue weighted by atomic mass is 9.77. The monoisotopic (exact) mass is 670 g/mol. The normalized spacial score (nSPS) is 17.2. The molecule has 0 bridgehead atoms. The summed E-state index contributed by atoms with van der Waals surface area (Å²) < 4.78 is 13.6. The third kappa shape index (κ3) is 5.89. The van der Waals surface area contributed by atoms with E-state index in [2.05, 4.69) is 9.88 Å². The Balaban J connectivity index is 0.971. The standard InChI is InChI=1S/C35H34N4O8S/c40-23-3-7-29-31(17-23)46-32-18-24(41)4-8-30(32)35(29)28-6-2-22(16-27(28)33(43)47-35)15-26(48)5-1-21-9-12-37(13-10-21)19-25(42)20-38-14-11-36-34(38)39(44)45/h2-4,6-8,11,14,16-18,21,25,40-42H,1,5,9-10,12-13,15,19-20H2. The predicted molar refractivity (Wildman–Crippen MR) is 178 cm³/mol. The zero-order chi connectivity index (χ0) is 33.6. The number of carbonyl (C=O) groups is 1. The van der Waals surface area contributed by atoms with Gasteiger partial charge in [0.1, 0.15) is 35.4 Å². The summed E-state index contributed by atoms with van der Waals surface area (Å²) in [6.45, 7) is 2.24. The van der Waals surface area contributed by atoms with Crippen LogP contribution >= 0.6 is 12.2 Å². The zero-order valence-electron chi connectivity index (χ0n) is 25.9. The number of fused-ring (bicyclic) bond motifs is 6. The number of benzene rings is 3. The first-order valence-corrected chi connectivity index (χ1v) is 16.3. The minimum absolute atomic E-state index is 0.00179. The number of nitrogens with zero attached hydrogens (tertiary/aromatic N) is 4. The molecule has 1 spiro atoms. The Labute approximate surface area is 281 Å². The first-order chi connectivity index (χ1) is 23.1. The molecule has 3 N–H and O–H groups in total. The van der Waals surface area contributed by atoms with Crippen molar-refractivity contribution in [2.45, 2.75) is 50.4 Å². The van der Waals surface area contributed by atoms with Crippen molar-refractivity contribution in [2.75, 3.05) is 19.6 Å². The van der Waals surface area contributed by atoms with Crippen LogP contribution in [-0.2, 0) is 23.3 Å². The van der Waals surface area contributed by atoms with Crippen molar-refractivity contribution in [1.29, 1.82) is 0 Å².